The molecule has 7 heteroatoms. The first-order chi connectivity index (χ1) is 9.38. The lowest BCUT2D eigenvalue weighted by atomic mass is 10.3. The standard InChI is InChI=1S/C13H20ClN3O2S/c1-16-4-6-17(7-5-16)8-9-20(18,19)13-10-11(15)2-3-12(13)14/h2-3,10H,4-9,15H2,1H3. The molecule has 0 amide bonds. The van der Waals surface area contributed by atoms with E-state index in [1.54, 1.807) is 6.07 Å². The van der Waals surface area contributed by atoms with Crippen LogP contribution in [0.4, 0.5) is 5.69 Å². The van der Waals surface area contributed by atoms with Gasteiger partial charge in [0.15, 0.2) is 9.84 Å². The molecule has 1 heterocycles. The summed E-state index contributed by atoms with van der Waals surface area (Å²) in [6.07, 6.45) is 0. The van der Waals surface area contributed by atoms with Gasteiger partial charge in [0.2, 0.25) is 0 Å². The van der Waals surface area contributed by atoms with Gasteiger partial charge in [0.25, 0.3) is 0 Å². The van der Waals surface area contributed by atoms with Crippen molar-refractivity contribution >= 4 is 27.1 Å². The van der Waals surface area contributed by atoms with Gasteiger partial charge in [-0.05, 0) is 25.2 Å². The largest absolute Gasteiger partial charge is 0.399 e. The smallest absolute Gasteiger partial charge is 0.181 e. The minimum Gasteiger partial charge on any atom is -0.399 e. The lowest BCUT2D eigenvalue weighted by Gasteiger charge is -2.32. The monoisotopic (exact) mass is 317 g/mol. The van der Waals surface area contributed by atoms with Crippen molar-refractivity contribution in [2.24, 2.45) is 0 Å². The maximum Gasteiger partial charge on any atom is 0.181 e. The minimum atomic E-state index is -3.39. The molecule has 0 aliphatic carbocycles. The molecule has 1 fully saturated rings. The predicted octanol–water partition coefficient (Wildman–Crippen LogP) is 0.943. The Morgan fingerprint density at radius 2 is 1.90 bits per heavy atom. The van der Waals surface area contributed by atoms with E-state index in [1.165, 1.54) is 12.1 Å². The number of piperazine rings is 1. The zero-order valence-corrected chi connectivity index (χ0v) is 13.1. The van der Waals surface area contributed by atoms with Gasteiger partial charge >= 0.3 is 0 Å². The van der Waals surface area contributed by atoms with Gasteiger partial charge in [-0.1, -0.05) is 11.6 Å². The van der Waals surface area contributed by atoms with Crippen LogP contribution >= 0.6 is 11.6 Å². The van der Waals surface area contributed by atoms with Gasteiger partial charge in [0.05, 0.1) is 15.7 Å². The van der Waals surface area contributed by atoms with E-state index in [0.29, 0.717) is 12.2 Å². The van der Waals surface area contributed by atoms with Crippen molar-refractivity contribution in [2.75, 3.05) is 51.3 Å². The Kier molecular flexibility index (Phi) is 4.90. The number of hydrogen-bond donors (Lipinski definition) is 1. The van der Waals surface area contributed by atoms with Gasteiger partial charge in [-0.15, -0.1) is 0 Å². The molecule has 0 atom stereocenters. The maximum atomic E-state index is 12.3. The van der Waals surface area contributed by atoms with E-state index in [9.17, 15) is 8.42 Å². The number of anilines is 1. The fourth-order valence-electron chi connectivity index (χ4n) is 2.19. The molecule has 1 saturated heterocycles. The first kappa shape index (κ1) is 15.6. The molecule has 5 nitrogen and oxygen atoms in total. The minimum absolute atomic E-state index is 0.0693. The van der Waals surface area contributed by atoms with Gasteiger partial charge < -0.3 is 10.6 Å². The average molecular weight is 318 g/mol. The van der Waals surface area contributed by atoms with Crippen molar-refractivity contribution in [2.45, 2.75) is 4.90 Å². The summed E-state index contributed by atoms with van der Waals surface area (Å²) in [7, 11) is -1.32. The van der Waals surface area contributed by atoms with Crippen molar-refractivity contribution in [1.29, 1.82) is 0 Å². The van der Waals surface area contributed by atoms with E-state index in [2.05, 4.69) is 16.8 Å². The molecular weight excluding hydrogens is 298 g/mol. The highest BCUT2D eigenvalue weighted by molar-refractivity contribution is 7.91. The molecule has 0 aromatic heterocycles. The Balaban J connectivity index is 2.02. The van der Waals surface area contributed by atoms with Crippen molar-refractivity contribution in [3.8, 4) is 0 Å². The first-order valence-electron chi connectivity index (χ1n) is 6.57. The van der Waals surface area contributed by atoms with Crippen LogP contribution in [0.3, 0.4) is 0 Å². The van der Waals surface area contributed by atoms with Gasteiger partial charge in [-0.2, -0.15) is 0 Å². The summed E-state index contributed by atoms with van der Waals surface area (Å²) in [5.74, 6) is 0.0693. The highest BCUT2D eigenvalue weighted by Crippen LogP contribution is 2.24. The molecule has 0 saturated carbocycles. The summed E-state index contributed by atoms with van der Waals surface area (Å²) in [5.41, 5.74) is 6.05. The number of nitrogens with zero attached hydrogens (tertiary/aromatic N) is 2. The van der Waals surface area contributed by atoms with E-state index in [-0.39, 0.29) is 15.7 Å². The number of rotatable bonds is 4. The maximum absolute atomic E-state index is 12.3. The number of hydrogen-bond acceptors (Lipinski definition) is 5. The highest BCUT2D eigenvalue weighted by Gasteiger charge is 2.21. The number of benzene rings is 1. The van der Waals surface area contributed by atoms with E-state index >= 15 is 0 Å². The topological polar surface area (TPSA) is 66.6 Å². The lowest BCUT2D eigenvalue weighted by molar-refractivity contribution is 0.161. The fraction of sp³-hybridized carbons (Fsp3) is 0.538. The Bertz CT molecular complexity index is 569. The number of nitrogen functional groups attached to an aromatic ring is 1. The molecule has 1 aliphatic heterocycles. The summed E-state index contributed by atoms with van der Waals surface area (Å²) in [6, 6.07) is 4.56. The number of halogens is 1. The van der Waals surface area contributed by atoms with Crippen LogP contribution in [-0.2, 0) is 9.84 Å². The average Bonchev–Trinajstić information content (AvgIpc) is 2.41. The van der Waals surface area contributed by atoms with Gasteiger partial charge in [-0.25, -0.2) is 8.42 Å². The molecule has 20 heavy (non-hydrogen) atoms. The first-order valence-corrected chi connectivity index (χ1v) is 8.60. The van der Waals surface area contributed by atoms with Crippen LogP contribution < -0.4 is 5.73 Å². The summed E-state index contributed by atoms with van der Waals surface area (Å²) < 4.78 is 24.7. The van der Waals surface area contributed by atoms with Gasteiger partial charge in [-0.3, -0.25) is 4.90 Å². The Hall–Kier alpha value is -0.820. The third-order valence-corrected chi connectivity index (χ3v) is 5.73. The molecule has 0 bridgehead atoms. The van der Waals surface area contributed by atoms with E-state index < -0.39 is 9.84 Å². The Morgan fingerprint density at radius 3 is 2.55 bits per heavy atom. The number of nitrogens with two attached hydrogens (primary N) is 1. The van der Waals surface area contributed by atoms with Crippen molar-refractivity contribution in [3.05, 3.63) is 23.2 Å². The number of sulfone groups is 1. The van der Waals surface area contributed by atoms with Crippen LogP contribution in [0, 0.1) is 0 Å². The van der Waals surface area contributed by atoms with Crippen LogP contribution in [-0.4, -0.2) is 63.7 Å². The Labute approximate surface area is 125 Å². The summed E-state index contributed by atoms with van der Waals surface area (Å²) in [5, 5.41) is 0.234. The quantitative estimate of drug-likeness (QED) is 0.837. The fourth-order valence-corrected chi connectivity index (χ4v) is 4.06. The third kappa shape index (κ3) is 3.85. The SMILES string of the molecule is CN1CCN(CCS(=O)(=O)c2cc(N)ccc2Cl)CC1. The molecule has 2 N–H and O–H groups in total. The predicted molar refractivity (Wildman–Crippen MR) is 81.9 cm³/mol. The van der Waals surface area contributed by atoms with Gasteiger partial charge in [0.1, 0.15) is 0 Å². The molecular formula is C13H20ClN3O2S. The Morgan fingerprint density at radius 1 is 1.25 bits per heavy atom. The van der Waals surface area contributed by atoms with Crippen LogP contribution in [0.1, 0.15) is 0 Å². The van der Waals surface area contributed by atoms with Crippen molar-refractivity contribution < 1.29 is 8.42 Å². The summed E-state index contributed by atoms with van der Waals surface area (Å²) in [6.45, 7) is 4.27. The molecule has 1 aliphatic rings. The second-order valence-electron chi connectivity index (χ2n) is 5.15. The van der Waals surface area contributed by atoms with E-state index in [1.807, 2.05) is 0 Å². The molecule has 1 aromatic rings. The van der Waals surface area contributed by atoms with E-state index in [4.69, 9.17) is 17.3 Å². The molecule has 112 valence electrons. The molecule has 0 spiro atoms. The normalized spacial score (nSPS) is 18.3. The van der Waals surface area contributed by atoms with Crippen molar-refractivity contribution in [3.63, 3.8) is 0 Å². The molecule has 0 unspecified atom stereocenters. The number of likely N-dealkylation sites (N-methyl/N-ethyl adjacent to an activating group) is 1. The summed E-state index contributed by atoms with van der Waals surface area (Å²) in [4.78, 5) is 4.53. The highest BCUT2D eigenvalue weighted by atomic mass is 35.5. The second-order valence-corrected chi connectivity index (χ2v) is 7.64. The third-order valence-electron chi connectivity index (χ3n) is 3.56. The molecule has 2 rings (SSSR count). The molecule has 1 aromatic carbocycles. The second kappa shape index (κ2) is 6.30. The van der Waals surface area contributed by atoms with Crippen molar-refractivity contribution in [1.82, 2.24) is 9.80 Å². The van der Waals surface area contributed by atoms with Gasteiger partial charge in [0, 0.05) is 38.4 Å². The lowest BCUT2D eigenvalue weighted by Crippen LogP contribution is -2.45. The van der Waals surface area contributed by atoms with Crippen LogP contribution in [0.15, 0.2) is 23.1 Å². The van der Waals surface area contributed by atoms with Crippen LogP contribution in [0.2, 0.25) is 5.02 Å². The van der Waals surface area contributed by atoms with Crippen LogP contribution in [0.25, 0.3) is 0 Å². The molecule has 0 radical (unpaired) electrons. The van der Waals surface area contributed by atoms with E-state index in [0.717, 1.165) is 26.2 Å². The zero-order chi connectivity index (χ0) is 14.8. The summed E-state index contributed by atoms with van der Waals surface area (Å²) >= 11 is 5.97. The zero-order valence-electron chi connectivity index (χ0n) is 11.5. The van der Waals surface area contributed by atoms with Crippen LogP contribution in [0.5, 0.6) is 0 Å².